The Morgan fingerprint density at radius 2 is 2.16 bits per heavy atom. The lowest BCUT2D eigenvalue weighted by molar-refractivity contribution is -0.142. The van der Waals surface area contributed by atoms with Crippen molar-refractivity contribution >= 4 is 23.5 Å². The van der Waals surface area contributed by atoms with E-state index in [0.29, 0.717) is 17.9 Å². The maximum absolute atomic E-state index is 12.5. The molecule has 1 aromatic carbocycles. The Morgan fingerprint density at radius 3 is 2.63 bits per heavy atom. The number of carboxylic acid groups (broad SMARTS) is 1. The van der Waals surface area contributed by atoms with Gasteiger partial charge in [-0.25, -0.2) is 9.18 Å². The number of alkyl halides is 1. The van der Waals surface area contributed by atoms with E-state index in [1.807, 2.05) is 0 Å². The van der Waals surface area contributed by atoms with Gasteiger partial charge in [-0.2, -0.15) is 0 Å². The molecular formula is C13H13ClFNO3. The van der Waals surface area contributed by atoms with Gasteiger partial charge in [0.15, 0.2) is 6.04 Å². The highest BCUT2D eigenvalue weighted by atomic mass is 35.5. The fraction of sp³-hybridized carbons (Fsp3) is 0.385. The number of hydrogen-bond acceptors (Lipinski definition) is 2. The number of carbonyl (C=O) groups is 2. The highest BCUT2D eigenvalue weighted by Gasteiger charge is 2.52. The monoisotopic (exact) mass is 285 g/mol. The Balaban J connectivity index is 2.17. The minimum Gasteiger partial charge on any atom is -0.480 e. The lowest BCUT2D eigenvalue weighted by atomic mass is 9.94. The maximum atomic E-state index is 12.5. The first kappa shape index (κ1) is 13.8. The number of carbonyl (C=O) groups excluding carboxylic acids is 1. The summed E-state index contributed by atoms with van der Waals surface area (Å²) in [5.41, 5.74) is -0.0196. The van der Waals surface area contributed by atoms with Crippen molar-refractivity contribution < 1.29 is 19.1 Å². The van der Waals surface area contributed by atoms with E-state index in [0.717, 1.165) is 5.56 Å². The summed E-state index contributed by atoms with van der Waals surface area (Å²) >= 11 is 5.88. The van der Waals surface area contributed by atoms with Crippen molar-refractivity contribution in [3.8, 4) is 0 Å². The van der Waals surface area contributed by atoms with E-state index < -0.39 is 30.0 Å². The van der Waals surface area contributed by atoms with Crippen LogP contribution in [-0.4, -0.2) is 29.7 Å². The Kier molecular flexibility index (Phi) is 3.75. The zero-order valence-electron chi connectivity index (χ0n) is 10.0. The molecule has 0 aromatic heterocycles. The molecule has 1 aliphatic carbocycles. The molecule has 0 radical (unpaired) electrons. The lowest BCUT2D eigenvalue weighted by Crippen LogP contribution is -2.46. The summed E-state index contributed by atoms with van der Waals surface area (Å²) < 4.78 is 12.5. The lowest BCUT2D eigenvalue weighted by Gasteiger charge is -2.18. The van der Waals surface area contributed by atoms with E-state index in [9.17, 15) is 14.0 Å². The van der Waals surface area contributed by atoms with Crippen LogP contribution in [0.4, 0.5) is 4.39 Å². The van der Waals surface area contributed by atoms with Crippen LogP contribution in [0.15, 0.2) is 24.3 Å². The van der Waals surface area contributed by atoms with Gasteiger partial charge in [0.2, 0.25) is 5.91 Å². The van der Waals surface area contributed by atoms with E-state index >= 15 is 0 Å². The zero-order chi connectivity index (χ0) is 14.0. The fourth-order valence-corrected chi connectivity index (χ4v) is 2.21. The van der Waals surface area contributed by atoms with E-state index in [2.05, 4.69) is 5.32 Å². The van der Waals surface area contributed by atoms with E-state index in [4.69, 9.17) is 16.7 Å². The summed E-state index contributed by atoms with van der Waals surface area (Å²) in [6.07, 6.45) is 1.22. The van der Waals surface area contributed by atoms with Crippen LogP contribution in [0.25, 0.3) is 0 Å². The molecule has 2 rings (SSSR count). The molecule has 0 aliphatic heterocycles. The predicted octanol–water partition coefficient (Wildman–Crippen LogP) is 1.91. The molecule has 4 nitrogen and oxygen atoms in total. The summed E-state index contributed by atoms with van der Waals surface area (Å²) in [6.45, 7) is -1.13. The van der Waals surface area contributed by atoms with Crippen LogP contribution >= 0.6 is 11.6 Å². The Hall–Kier alpha value is -1.62. The normalized spacial score (nSPS) is 17.6. The maximum Gasteiger partial charge on any atom is 0.328 e. The van der Waals surface area contributed by atoms with Gasteiger partial charge < -0.3 is 10.4 Å². The van der Waals surface area contributed by atoms with Crippen LogP contribution in [0.5, 0.6) is 0 Å². The number of nitrogens with one attached hydrogen (secondary N) is 1. The number of aliphatic carboxylic acids is 1. The molecule has 0 saturated heterocycles. The molecule has 1 unspecified atom stereocenters. The van der Waals surface area contributed by atoms with Gasteiger partial charge in [0, 0.05) is 5.02 Å². The van der Waals surface area contributed by atoms with Crippen LogP contribution in [0, 0.1) is 0 Å². The first-order chi connectivity index (χ1) is 8.99. The topological polar surface area (TPSA) is 66.4 Å². The van der Waals surface area contributed by atoms with Crippen molar-refractivity contribution in [3.63, 3.8) is 0 Å². The third-order valence-corrected chi connectivity index (χ3v) is 3.55. The van der Waals surface area contributed by atoms with Crippen molar-refractivity contribution in [1.29, 1.82) is 0 Å². The third-order valence-electron chi connectivity index (χ3n) is 3.32. The van der Waals surface area contributed by atoms with Gasteiger partial charge in [-0.1, -0.05) is 23.7 Å². The molecule has 102 valence electrons. The summed E-state index contributed by atoms with van der Waals surface area (Å²) in [4.78, 5) is 22.9. The fourth-order valence-electron chi connectivity index (χ4n) is 2.02. The van der Waals surface area contributed by atoms with Crippen molar-refractivity contribution in [1.82, 2.24) is 5.32 Å². The molecule has 1 aromatic rings. The van der Waals surface area contributed by atoms with Crippen LogP contribution in [0.3, 0.4) is 0 Å². The second-order valence-corrected chi connectivity index (χ2v) is 5.05. The Labute approximate surface area is 114 Å². The molecule has 1 saturated carbocycles. The Morgan fingerprint density at radius 1 is 1.47 bits per heavy atom. The molecule has 1 aliphatic rings. The van der Waals surface area contributed by atoms with Crippen molar-refractivity contribution in [2.45, 2.75) is 24.3 Å². The van der Waals surface area contributed by atoms with Gasteiger partial charge in [0.25, 0.3) is 0 Å². The van der Waals surface area contributed by atoms with Crippen LogP contribution in [-0.2, 0) is 15.0 Å². The largest absolute Gasteiger partial charge is 0.480 e. The molecule has 0 spiro atoms. The molecule has 1 amide bonds. The quantitative estimate of drug-likeness (QED) is 0.868. The number of hydrogen-bond donors (Lipinski definition) is 2. The average molecular weight is 286 g/mol. The second kappa shape index (κ2) is 5.17. The number of carboxylic acids is 1. The Bertz CT molecular complexity index is 516. The number of halogens is 2. The molecular weight excluding hydrogens is 273 g/mol. The summed E-state index contributed by atoms with van der Waals surface area (Å²) in [5, 5.41) is 11.5. The van der Waals surface area contributed by atoms with Gasteiger partial charge in [-0.3, -0.25) is 4.79 Å². The summed E-state index contributed by atoms with van der Waals surface area (Å²) in [7, 11) is 0. The minimum absolute atomic E-state index is 0.459. The number of rotatable bonds is 5. The second-order valence-electron chi connectivity index (χ2n) is 4.61. The molecule has 1 atom stereocenters. The standard InChI is InChI=1S/C13H13ClFNO3/c14-9-3-1-2-8(6-9)13(4-5-13)12(19)16-10(7-15)11(17)18/h1-3,6,10H,4-5,7H2,(H,16,19)(H,17,18). The van der Waals surface area contributed by atoms with Gasteiger partial charge in [0.05, 0.1) is 5.41 Å². The van der Waals surface area contributed by atoms with E-state index in [-0.39, 0.29) is 0 Å². The van der Waals surface area contributed by atoms with Gasteiger partial charge in [-0.15, -0.1) is 0 Å². The van der Waals surface area contributed by atoms with Crippen LogP contribution in [0.2, 0.25) is 5.02 Å². The molecule has 0 heterocycles. The van der Waals surface area contributed by atoms with Gasteiger partial charge >= 0.3 is 5.97 Å². The predicted molar refractivity (Wildman–Crippen MR) is 67.9 cm³/mol. The van der Waals surface area contributed by atoms with Gasteiger partial charge in [-0.05, 0) is 30.5 Å². The highest BCUT2D eigenvalue weighted by Crippen LogP contribution is 2.48. The first-order valence-electron chi connectivity index (χ1n) is 5.85. The van der Waals surface area contributed by atoms with E-state index in [1.165, 1.54) is 0 Å². The summed E-state index contributed by atoms with van der Waals surface area (Å²) in [5.74, 6) is -1.84. The van der Waals surface area contributed by atoms with Crippen molar-refractivity contribution in [2.75, 3.05) is 6.67 Å². The van der Waals surface area contributed by atoms with Gasteiger partial charge in [0.1, 0.15) is 6.67 Å². The smallest absolute Gasteiger partial charge is 0.328 e. The first-order valence-corrected chi connectivity index (χ1v) is 6.23. The van der Waals surface area contributed by atoms with Crippen LogP contribution < -0.4 is 5.32 Å². The minimum atomic E-state index is -1.50. The number of amides is 1. The third kappa shape index (κ3) is 2.71. The SMILES string of the molecule is O=C(O)C(CF)NC(=O)C1(c2cccc(Cl)c2)CC1. The molecule has 19 heavy (non-hydrogen) atoms. The molecule has 6 heteroatoms. The molecule has 2 N–H and O–H groups in total. The number of benzene rings is 1. The molecule has 1 fully saturated rings. The highest BCUT2D eigenvalue weighted by molar-refractivity contribution is 6.30. The molecule has 0 bridgehead atoms. The van der Waals surface area contributed by atoms with Crippen LogP contribution in [0.1, 0.15) is 18.4 Å². The van der Waals surface area contributed by atoms with Crippen molar-refractivity contribution in [3.05, 3.63) is 34.9 Å². The average Bonchev–Trinajstić information content (AvgIpc) is 3.16. The van der Waals surface area contributed by atoms with E-state index in [1.54, 1.807) is 24.3 Å². The zero-order valence-corrected chi connectivity index (χ0v) is 10.8. The van der Waals surface area contributed by atoms with Crippen molar-refractivity contribution in [2.24, 2.45) is 0 Å². The summed E-state index contributed by atoms with van der Waals surface area (Å²) in [6, 6.07) is 5.38.